The van der Waals surface area contributed by atoms with E-state index in [1.807, 2.05) is 40.8 Å². The second kappa shape index (κ2) is 11.3. The molecule has 0 aliphatic rings. The molecule has 9 nitrogen and oxygen atoms in total. The fourth-order valence-electron chi connectivity index (χ4n) is 3.27. The Labute approximate surface area is 209 Å². The number of hydrogen-bond acceptors (Lipinski definition) is 9. The van der Waals surface area contributed by atoms with Crippen molar-refractivity contribution in [3.63, 3.8) is 0 Å². The average Bonchev–Trinajstić information content (AvgIpc) is 3.19. The van der Waals surface area contributed by atoms with Crippen molar-refractivity contribution in [2.75, 3.05) is 24.9 Å². The number of anilines is 2. The van der Waals surface area contributed by atoms with Crippen LogP contribution in [0.5, 0.6) is 5.75 Å². The van der Waals surface area contributed by atoms with Gasteiger partial charge in [0.25, 0.3) is 5.91 Å². The lowest BCUT2D eigenvalue weighted by Gasteiger charge is -2.22. The van der Waals surface area contributed by atoms with Crippen LogP contribution in [0, 0.1) is 18.3 Å². The van der Waals surface area contributed by atoms with Crippen LogP contribution in [0.2, 0.25) is 0 Å². The maximum absolute atomic E-state index is 12.4. The molecular weight excluding hydrogens is 488 g/mol. The Balaban J connectivity index is 1.92. The molecule has 11 heteroatoms. The topological polar surface area (TPSA) is 122 Å². The molecule has 0 bridgehead atoms. The van der Waals surface area contributed by atoms with Crippen molar-refractivity contribution >= 4 is 38.1 Å². The molecule has 2 aromatic carbocycles. The first kappa shape index (κ1) is 26.2. The van der Waals surface area contributed by atoms with E-state index in [-0.39, 0.29) is 11.8 Å². The zero-order valence-corrected chi connectivity index (χ0v) is 21.4. The van der Waals surface area contributed by atoms with Crippen LogP contribution in [-0.2, 0) is 21.3 Å². The Hall–Kier alpha value is -3.46. The summed E-state index contributed by atoms with van der Waals surface area (Å²) in [5, 5.41) is 9.66. The van der Waals surface area contributed by atoms with Gasteiger partial charge in [-0.2, -0.15) is 5.26 Å². The fourth-order valence-corrected chi connectivity index (χ4v) is 4.63. The largest absolute Gasteiger partial charge is 0.488 e. The number of sulfonamides is 1. The fraction of sp³-hybridized carbons (Fsp3) is 0.292. The Morgan fingerprint density at radius 1 is 1.20 bits per heavy atom. The molecular formula is C24H26N4O5S2. The van der Waals surface area contributed by atoms with E-state index < -0.39 is 15.9 Å². The highest BCUT2D eigenvalue weighted by atomic mass is 32.2. The third-order valence-electron chi connectivity index (χ3n) is 4.82. The van der Waals surface area contributed by atoms with E-state index in [0.717, 1.165) is 17.5 Å². The molecule has 1 amide bonds. The molecule has 3 aromatic rings. The minimum absolute atomic E-state index is 0.0462. The van der Waals surface area contributed by atoms with Crippen LogP contribution >= 0.6 is 11.3 Å². The number of amides is 1. The van der Waals surface area contributed by atoms with Gasteiger partial charge < -0.3 is 14.4 Å². The van der Waals surface area contributed by atoms with Crippen molar-refractivity contribution in [1.29, 1.82) is 5.26 Å². The van der Waals surface area contributed by atoms with Gasteiger partial charge in [-0.25, -0.2) is 18.1 Å². The second-order valence-electron chi connectivity index (χ2n) is 7.88. The first-order chi connectivity index (χ1) is 16.6. The number of methoxy groups -OCH3 is 1. The van der Waals surface area contributed by atoms with Crippen LogP contribution in [0.4, 0.5) is 10.8 Å². The molecule has 35 heavy (non-hydrogen) atoms. The summed E-state index contributed by atoms with van der Waals surface area (Å²) in [6, 6.07) is 16.7. The Kier molecular flexibility index (Phi) is 8.45. The van der Waals surface area contributed by atoms with E-state index >= 15 is 0 Å². The number of nitrogens with zero attached hydrogens (tertiary/aromatic N) is 3. The van der Waals surface area contributed by atoms with Gasteiger partial charge in [0, 0.05) is 17.7 Å². The van der Waals surface area contributed by atoms with Crippen molar-refractivity contribution in [1.82, 2.24) is 9.71 Å². The van der Waals surface area contributed by atoms with Crippen molar-refractivity contribution in [3.8, 4) is 11.8 Å². The molecule has 0 spiro atoms. The Bertz CT molecular complexity index is 1310. The van der Waals surface area contributed by atoms with Gasteiger partial charge in [0.15, 0.2) is 5.13 Å². The number of thiazole rings is 1. The number of aromatic nitrogens is 1. The van der Waals surface area contributed by atoms with Crippen LogP contribution in [0.1, 0.15) is 33.4 Å². The summed E-state index contributed by atoms with van der Waals surface area (Å²) in [5.41, 5.74) is 2.28. The minimum atomic E-state index is -3.72. The van der Waals surface area contributed by atoms with Gasteiger partial charge in [-0.15, -0.1) is 11.3 Å². The highest BCUT2D eigenvalue weighted by molar-refractivity contribution is 7.89. The number of nitriles is 1. The van der Waals surface area contributed by atoms with Crippen LogP contribution < -0.4 is 14.4 Å². The molecule has 1 unspecified atom stereocenters. The second-order valence-corrected chi connectivity index (χ2v) is 10.8. The molecule has 0 radical (unpaired) electrons. The molecule has 0 fully saturated rings. The van der Waals surface area contributed by atoms with Gasteiger partial charge in [-0.3, -0.25) is 4.79 Å². The molecule has 1 heterocycles. The SMILES string of the molecule is COCC(C)Oc1ccc(CN(c2ccc(C#N)cc2)c2nc(C(=O)NS(C)(=O)=O)c(C)s2)cc1. The quantitative estimate of drug-likeness (QED) is 0.434. The standard InChI is InChI=1S/C24H26N4O5S2/c1-16(15-32-3)33-21-11-7-19(8-12-21)14-28(20-9-5-18(13-25)6-10-20)24-26-22(17(2)34-24)23(29)27-35(4,30)31/h5-12,16H,14-15H2,1-4H3,(H,27,29). The van der Waals surface area contributed by atoms with Gasteiger partial charge in [0.05, 0.1) is 31.0 Å². The van der Waals surface area contributed by atoms with Gasteiger partial charge in [-0.1, -0.05) is 12.1 Å². The van der Waals surface area contributed by atoms with Gasteiger partial charge in [-0.05, 0) is 55.8 Å². The van der Waals surface area contributed by atoms with Crippen molar-refractivity contribution in [2.24, 2.45) is 0 Å². The molecule has 3 rings (SSSR count). The monoisotopic (exact) mass is 514 g/mol. The third kappa shape index (κ3) is 7.26. The third-order valence-corrected chi connectivity index (χ3v) is 6.37. The summed E-state index contributed by atoms with van der Waals surface area (Å²) in [5.74, 6) is -0.0630. The number of carbonyl (C=O) groups excluding carboxylic acids is 1. The van der Waals surface area contributed by atoms with Crippen LogP contribution in [0.25, 0.3) is 0 Å². The molecule has 1 aromatic heterocycles. The summed E-state index contributed by atoms with van der Waals surface area (Å²) in [7, 11) is -2.10. The van der Waals surface area contributed by atoms with Gasteiger partial charge >= 0.3 is 0 Å². The predicted octanol–water partition coefficient (Wildman–Crippen LogP) is 3.76. The lowest BCUT2D eigenvalue weighted by Crippen LogP contribution is -2.30. The summed E-state index contributed by atoms with van der Waals surface area (Å²) < 4.78 is 35.9. The Morgan fingerprint density at radius 2 is 1.86 bits per heavy atom. The molecule has 0 saturated carbocycles. The minimum Gasteiger partial charge on any atom is -0.488 e. The number of hydrogen-bond donors (Lipinski definition) is 1. The number of benzene rings is 2. The average molecular weight is 515 g/mol. The lowest BCUT2D eigenvalue weighted by molar-refractivity contribution is 0.0921. The smallest absolute Gasteiger partial charge is 0.284 e. The molecule has 0 aliphatic carbocycles. The van der Waals surface area contributed by atoms with Crippen molar-refractivity contribution < 1.29 is 22.7 Å². The van der Waals surface area contributed by atoms with Crippen molar-refractivity contribution in [3.05, 3.63) is 70.2 Å². The Morgan fingerprint density at radius 3 is 2.43 bits per heavy atom. The first-order valence-electron chi connectivity index (χ1n) is 10.6. The van der Waals surface area contributed by atoms with E-state index in [1.165, 1.54) is 11.3 Å². The molecule has 184 valence electrons. The van der Waals surface area contributed by atoms with Crippen LogP contribution in [0.15, 0.2) is 48.5 Å². The maximum Gasteiger partial charge on any atom is 0.284 e. The molecule has 0 aliphatic heterocycles. The summed E-state index contributed by atoms with van der Waals surface area (Å²) in [6.07, 6.45) is 0.829. The number of aryl methyl sites for hydroxylation is 1. The van der Waals surface area contributed by atoms with Crippen molar-refractivity contribution in [2.45, 2.75) is 26.5 Å². The molecule has 0 saturated heterocycles. The highest BCUT2D eigenvalue weighted by Gasteiger charge is 2.22. The predicted molar refractivity (Wildman–Crippen MR) is 135 cm³/mol. The summed E-state index contributed by atoms with van der Waals surface area (Å²) in [6.45, 7) is 4.53. The van der Waals surface area contributed by atoms with E-state index in [2.05, 4.69) is 11.1 Å². The van der Waals surface area contributed by atoms with E-state index in [9.17, 15) is 13.2 Å². The summed E-state index contributed by atoms with van der Waals surface area (Å²) in [4.78, 5) is 19.4. The van der Waals surface area contributed by atoms with Crippen LogP contribution in [-0.4, -0.2) is 45.4 Å². The van der Waals surface area contributed by atoms with E-state index in [4.69, 9.17) is 14.7 Å². The van der Waals surface area contributed by atoms with E-state index in [0.29, 0.717) is 34.5 Å². The summed E-state index contributed by atoms with van der Waals surface area (Å²) >= 11 is 1.27. The van der Waals surface area contributed by atoms with Gasteiger partial charge in [0.2, 0.25) is 10.0 Å². The zero-order chi connectivity index (χ0) is 25.6. The zero-order valence-electron chi connectivity index (χ0n) is 19.8. The first-order valence-corrected chi connectivity index (χ1v) is 13.3. The molecule has 1 N–H and O–H groups in total. The van der Waals surface area contributed by atoms with Crippen LogP contribution in [0.3, 0.4) is 0 Å². The highest BCUT2D eigenvalue weighted by Crippen LogP contribution is 2.33. The maximum atomic E-state index is 12.4. The lowest BCUT2D eigenvalue weighted by atomic mass is 10.1. The molecule has 1 atom stereocenters. The van der Waals surface area contributed by atoms with Gasteiger partial charge in [0.1, 0.15) is 17.5 Å². The number of carbonyl (C=O) groups is 1. The number of nitrogens with one attached hydrogen (secondary N) is 1. The number of rotatable bonds is 10. The van der Waals surface area contributed by atoms with E-state index in [1.54, 1.807) is 38.3 Å². The number of ether oxygens (including phenoxy) is 2. The normalized spacial score (nSPS) is 12.0.